The van der Waals surface area contributed by atoms with E-state index >= 15 is 0 Å². The van der Waals surface area contributed by atoms with Crippen LogP contribution in [0.1, 0.15) is 46.5 Å². The van der Waals surface area contributed by atoms with Gasteiger partial charge in [0.1, 0.15) is 11.9 Å². The number of hydrogen-bond donors (Lipinski definition) is 3. The van der Waals surface area contributed by atoms with Gasteiger partial charge in [-0.15, -0.1) is 0 Å². The summed E-state index contributed by atoms with van der Waals surface area (Å²) in [4.78, 5) is 4.69. The van der Waals surface area contributed by atoms with Crippen LogP contribution in [-0.2, 0) is 0 Å². The largest absolute Gasteiger partial charge is 0.489 e. The predicted octanol–water partition coefficient (Wildman–Crippen LogP) is 3.20. The van der Waals surface area contributed by atoms with E-state index in [4.69, 9.17) is 9.73 Å². The number of nitrogens with one attached hydrogen (secondary N) is 2. The zero-order chi connectivity index (χ0) is 18.3. The number of guanidine groups is 1. The fourth-order valence-corrected chi connectivity index (χ4v) is 2.65. The lowest BCUT2D eigenvalue weighted by molar-refractivity contribution is 0.199. The van der Waals surface area contributed by atoms with Gasteiger partial charge in [0.2, 0.25) is 0 Å². The molecule has 25 heavy (non-hydrogen) atoms. The second kappa shape index (κ2) is 13.5. The van der Waals surface area contributed by atoms with Crippen molar-refractivity contribution in [1.82, 2.24) is 10.6 Å². The maximum atomic E-state index is 9.18. The normalized spacial score (nSPS) is 14.0. The highest BCUT2D eigenvalue weighted by atomic mass is 16.5. The molecule has 1 aromatic rings. The number of aliphatic imine (C=N–C) groups is 1. The Labute approximate surface area is 152 Å². The zero-order valence-corrected chi connectivity index (χ0v) is 16.0. The Bertz CT molecular complexity index is 459. The van der Waals surface area contributed by atoms with Gasteiger partial charge in [0, 0.05) is 19.7 Å². The summed E-state index contributed by atoms with van der Waals surface area (Å²) < 4.78 is 6.02. The molecule has 1 aromatic carbocycles. The molecule has 0 heterocycles. The molecule has 0 fully saturated rings. The summed E-state index contributed by atoms with van der Waals surface area (Å²) in [7, 11) is 0. The maximum absolute atomic E-state index is 9.18. The highest BCUT2D eigenvalue weighted by Gasteiger charge is 2.10. The Morgan fingerprint density at radius 2 is 1.88 bits per heavy atom. The fraction of sp³-hybridized carbons (Fsp3) is 0.650. The molecule has 0 aliphatic heterocycles. The van der Waals surface area contributed by atoms with Crippen LogP contribution in [0.4, 0.5) is 0 Å². The number of benzene rings is 1. The Hall–Kier alpha value is -1.75. The van der Waals surface area contributed by atoms with Crippen molar-refractivity contribution in [2.45, 2.75) is 52.6 Å². The minimum atomic E-state index is 0.0927. The number of aliphatic hydroxyl groups is 1. The van der Waals surface area contributed by atoms with Crippen LogP contribution >= 0.6 is 0 Å². The average molecular weight is 350 g/mol. The number of hydrogen-bond acceptors (Lipinski definition) is 3. The first-order valence-electron chi connectivity index (χ1n) is 9.58. The second-order valence-corrected chi connectivity index (χ2v) is 6.23. The lowest BCUT2D eigenvalue weighted by Crippen LogP contribution is -2.42. The molecule has 3 N–H and O–H groups in total. The van der Waals surface area contributed by atoms with E-state index in [9.17, 15) is 5.11 Å². The minimum Gasteiger partial charge on any atom is -0.489 e. The molecule has 0 saturated heterocycles. The van der Waals surface area contributed by atoms with Gasteiger partial charge in [-0.05, 0) is 44.2 Å². The first kappa shape index (κ1) is 21.3. The van der Waals surface area contributed by atoms with E-state index in [0.29, 0.717) is 12.5 Å². The summed E-state index contributed by atoms with van der Waals surface area (Å²) in [6.07, 6.45) is 4.04. The summed E-state index contributed by atoms with van der Waals surface area (Å²) in [6.45, 7) is 8.84. The standard InChI is InChI=1S/C20H35N3O2/c1-4-10-17(13-14-24)15-22-20(21-6-3)23-16-18(5-2)25-19-11-8-7-9-12-19/h7-9,11-12,17-18,24H,4-6,10,13-16H2,1-3H3,(H2,21,22,23). The molecular formula is C20H35N3O2. The van der Waals surface area contributed by atoms with Crippen LogP contribution in [0, 0.1) is 5.92 Å². The van der Waals surface area contributed by atoms with Gasteiger partial charge in [0.05, 0.1) is 6.54 Å². The molecule has 2 unspecified atom stereocenters. The summed E-state index contributed by atoms with van der Waals surface area (Å²) in [5, 5.41) is 15.9. The van der Waals surface area contributed by atoms with Crippen molar-refractivity contribution < 1.29 is 9.84 Å². The van der Waals surface area contributed by atoms with E-state index in [1.54, 1.807) is 0 Å². The summed E-state index contributed by atoms with van der Waals surface area (Å²) >= 11 is 0. The van der Waals surface area contributed by atoms with Gasteiger partial charge in [-0.2, -0.15) is 0 Å². The predicted molar refractivity (Wildman–Crippen MR) is 105 cm³/mol. The monoisotopic (exact) mass is 349 g/mol. The molecule has 5 nitrogen and oxygen atoms in total. The quantitative estimate of drug-likeness (QED) is 0.400. The van der Waals surface area contributed by atoms with E-state index in [2.05, 4.69) is 31.4 Å². The number of rotatable bonds is 12. The topological polar surface area (TPSA) is 65.9 Å². The van der Waals surface area contributed by atoms with Crippen LogP contribution < -0.4 is 15.4 Å². The first-order valence-corrected chi connectivity index (χ1v) is 9.58. The van der Waals surface area contributed by atoms with Gasteiger partial charge in [-0.25, -0.2) is 0 Å². The van der Waals surface area contributed by atoms with E-state index in [-0.39, 0.29) is 12.7 Å². The van der Waals surface area contributed by atoms with Gasteiger partial charge in [0.25, 0.3) is 0 Å². The Balaban J connectivity index is 2.55. The summed E-state index contributed by atoms with van der Waals surface area (Å²) in [6, 6.07) is 9.91. The number of ether oxygens (including phenoxy) is 1. The van der Waals surface area contributed by atoms with Crippen LogP contribution in [0.5, 0.6) is 5.75 Å². The van der Waals surface area contributed by atoms with Crippen LogP contribution in [0.25, 0.3) is 0 Å². The Morgan fingerprint density at radius 1 is 1.12 bits per heavy atom. The number of para-hydroxylation sites is 1. The van der Waals surface area contributed by atoms with Crippen LogP contribution in [0.3, 0.4) is 0 Å². The molecule has 0 radical (unpaired) electrons. The molecular weight excluding hydrogens is 314 g/mol. The molecule has 2 atom stereocenters. The molecule has 0 aliphatic rings. The molecule has 5 heteroatoms. The van der Waals surface area contributed by atoms with Crippen molar-refractivity contribution in [3.8, 4) is 5.75 Å². The fourth-order valence-electron chi connectivity index (χ4n) is 2.65. The van der Waals surface area contributed by atoms with Gasteiger partial charge in [-0.1, -0.05) is 38.5 Å². The number of nitrogens with zero attached hydrogens (tertiary/aromatic N) is 1. The van der Waals surface area contributed by atoms with Crippen molar-refractivity contribution in [3.05, 3.63) is 30.3 Å². The van der Waals surface area contributed by atoms with E-state index < -0.39 is 0 Å². The highest BCUT2D eigenvalue weighted by molar-refractivity contribution is 5.79. The van der Waals surface area contributed by atoms with E-state index in [1.165, 1.54) is 0 Å². The average Bonchev–Trinajstić information content (AvgIpc) is 2.63. The van der Waals surface area contributed by atoms with Gasteiger partial charge >= 0.3 is 0 Å². The third-order valence-corrected chi connectivity index (χ3v) is 4.08. The van der Waals surface area contributed by atoms with Crippen molar-refractivity contribution in [2.24, 2.45) is 10.9 Å². The third kappa shape index (κ3) is 9.34. The molecule has 0 amide bonds. The van der Waals surface area contributed by atoms with Crippen molar-refractivity contribution in [1.29, 1.82) is 0 Å². The minimum absolute atomic E-state index is 0.0927. The molecule has 142 valence electrons. The Kier molecular flexibility index (Phi) is 11.5. The Morgan fingerprint density at radius 3 is 2.48 bits per heavy atom. The van der Waals surface area contributed by atoms with E-state index in [1.807, 2.05) is 30.3 Å². The molecule has 0 aliphatic carbocycles. The number of aliphatic hydroxyl groups excluding tert-OH is 1. The third-order valence-electron chi connectivity index (χ3n) is 4.08. The van der Waals surface area contributed by atoms with Crippen LogP contribution in [-0.4, -0.2) is 43.4 Å². The smallest absolute Gasteiger partial charge is 0.191 e. The zero-order valence-electron chi connectivity index (χ0n) is 16.0. The van der Waals surface area contributed by atoms with Crippen molar-refractivity contribution in [3.63, 3.8) is 0 Å². The molecule has 0 aromatic heterocycles. The van der Waals surface area contributed by atoms with Gasteiger partial charge in [-0.3, -0.25) is 4.99 Å². The van der Waals surface area contributed by atoms with Crippen molar-refractivity contribution >= 4 is 5.96 Å². The second-order valence-electron chi connectivity index (χ2n) is 6.23. The SMILES string of the molecule is CCCC(CCO)CN=C(NCC)NCC(CC)Oc1ccccc1. The summed E-state index contributed by atoms with van der Waals surface area (Å²) in [5.41, 5.74) is 0. The molecule has 1 rings (SSSR count). The first-order chi connectivity index (χ1) is 12.2. The van der Waals surface area contributed by atoms with Crippen molar-refractivity contribution in [2.75, 3.05) is 26.2 Å². The van der Waals surface area contributed by atoms with E-state index in [0.717, 1.165) is 50.5 Å². The maximum Gasteiger partial charge on any atom is 0.191 e. The highest BCUT2D eigenvalue weighted by Crippen LogP contribution is 2.12. The lowest BCUT2D eigenvalue weighted by Gasteiger charge is -2.20. The van der Waals surface area contributed by atoms with Crippen LogP contribution in [0.15, 0.2) is 35.3 Å². The van der Waals surface area contributed by atoms with Gasteiger partial charge < -0.3 is 20.5 Å². The summed E-state index contributed by atoms with van der Waals surface area (Å²) in [5.74, 6) is 2.15. The molecule has 0 spiro atoms. The van der Waals surface area contributed by atoms with Gasteiger partial charge in [0.15, 0.2) is 5.96 Å². The molecule has 0 saturated carbocycles. The van der Waals surface area contributed by atoms with Crippen LogP contribution in [0.2, 0.25) is 0 Å². The molecule has 0 bridgehead atoms. The lowest BCUT2D eigenvalue weighted by atomic mass is 10.0.